The smallest absolute Gasteiger partial charge is 0.358 e. The van der Waals surface area contributed by atoms with Gasteiger partial charge in [0.15, 0.2) is 11.5 Å². The molecule has 1 saturated carbocycles. The van der Waals surface area contributed by atoms with Crippen molar-refractivity contribution in [3.05, 3.63) is 17.5 Å². The zero-order chi connectivity index (χ0) is 11.4. The number of carbonyl (C=O) groups is 1. The normalized spacial score (nSPS) is 15.2. The molecule has 5 nitrogen and oxygen atoms in total. The summed E-state index contributed by atoms with van der Waals surface area (Å²) in [5.41, 5.74) is -0.0326. The molecule has 1 heterocycles. The molecule has 0 aliphatic heterocycles. The van der Waals surface area contributed by atoms with Gasteiger partial charge < -0.3 is 14.9 Å². The summed E-state index contributed by atoms with van der Waals surface area (Å²) in [6.45, 7) is 1.49. The van der Waals surface area contributed by atoms with E-state index in [-0.39, 0.29) is 5.69 Å². The number of hydrogen-bond acceptors (Lipinski definition) is 4. The lowest BCUT2D eigenvalue weighted by molar-refractivity contribution is 0.0685. The van der Waals surface area contributed by atoms with Crippen LogP contribution in [0.3, 0.4) is 0 Å². The van der Waals surface area contributed by atoms with Gasteiger partial charge in [-0.05, 0) is 25.3 Å². The fourth-order valence-corrected chi connectivity index (χ4v) is 1.63. The van der Waals surface area contributed by atoms with Crippen LogP contribution >= 0.6 is 0 Å². The summed E-state index contributed by atoms with van der Waals surface area (Å²) >= 11 is 0. The van der Waals surface area contributed by atoms with Crippen molar-refractivity contribution in [3.8, 4) is 0 Å². The molecule has 16 heavy (non-hydrogen) atoms. The lowest BCUT2D eigenvalue weighted by atomic mass is 10.2. The molecule has 0 spiro atoms. The van der Waals surface area contributed by atoms with Crippen molar-refractivity contribution in [1.29, 1.82) is 0 Å². The first-order chi connectivity index (χ1) is 7.75. The van der Waals surface area contributed by atoms with Crippen LogP contribution in [0.4, 0.5) is 0 Å². The van der Waals surface area contributed by atoms with Gasteiger partial charge in [-0.2, -0.15) is 0 Å². The van der Waals surface area contributed by atoms with Crippen LogP contribution in [0.1, 0.15) is 41.9 Å². The van der Waals surface area contributed by atoms with Gasteiger partial charge in [0.2, 0.25) is 0 Å². The first-order valence-corrected chi connectivity index (χ1v) is 5.65. The standard InChI is InChI=1S/C11H16N2O3/c14-11(15)10-6-9(16-13-10)7-12-5-1-2-8-3-4-8/h6,8,12H,1-5,7H2,(H,14,15). The Bertz CT molecular complexity index is 358. The van der Waals surface area contributed by atoms with Gasteiger partial charge >= 0.3 is 5.97 Å². The second kappa shape index (κ2) is 5.12. The Kier molecular flexibility index (Phi) is 3.56. The van der Waals surface area contributed by atoms with Crippen LogP contribution in [0.15, 0.2) is 10.6 Å². The number of hydrogen-bond donors (Lipinski definition) is 2. The predicted molar refractivity (Wildman–Crippen MR) is 57.1 cm³/mol. The van der Waals surface area contributed by atoms with Crippen LogP contribution < -0.4 is 5.32 Å². The SMILES string of the molecule is O=C(O)c1cc(CNCCCC2CC2)on1. The molecule has 0 amide bonds. The number of nitrogens with zero attached hydrogens (tertiary/aromatic N) is 1. The number of aromatic nitrogens is 1. The van der Waals surface area contributed by atoms with Crippen molar-refractivity contribution in [2.45, 2.75) is 32.2 Å². The molecule has 88 valence electrons. The molecule has 5 heteroatoms. The van der Waals surface area contributed by atoms with Crippen LogP contribution in [-0.2, 0) is 6.54 Å². The molecular weight excluding hydrogens is 208 g/mol. The molecule has 0 atom stereocenters. The van der Waals surface area contributed by atoms with Gasteiger partial charge in [0.1, 0.15) is 0 Å². The van der Waals surface area contributed by atoms with Crippen molar-refractivity contribution >= 4 is 5.97 Å². The van der Waals surface area contributed by atoms with E-state index in [0.29, 0.717) is 12.3 Å². The summed E-state index contributed by atoms with van der Waals surface area (Å²) < 4.78 is 4.87. The van der Waals surface area contributed by atoms with Crippen molar-refractivity contribution in [3.63, 3.8) is 0 Å². The first kappa shape index (κ1) is 11.1. The Balaban J connectivity index is 1.62. The Morgan fingerprint density at radius 2 is 2.44 bits per heavy atom. The Labute approximate surface area is 93.8 Å². The summed E-state index contributed by atoms with van der Waals surface area (Å²) in [6, 6.07) is 1.45. The quantitative estimate of drug-likeness (QED) is 0.689. The molecule has 1 aliphatic carbocycles. The average Bonchev–Trinajstić information content (AvgIpc) is 2.94. The molecule has 0 bridgehead atoms. The van der Waals surface area contributed by atoms with Crippen molar-refractivity contribution in [2.24, 2.45) is 5.92 Å². The minimum Gasteiger partial charge on any atom is -0.476 e. The molecule has 2 N–H and O–H groups in total. The van der Waals surface area contributed by atoms with Crippen LogP contribution in [0, 0.1) is 5.92 Å². The lowest BCUT2D eigenvalue weighted by Crippen LogP contribution is -2.14. The minimum atomic E-state index is -1.05. The van der Waals surface area contributed by atoms with Crippen LogP contribution in [-0.4, -0.2) is 22.8 Å². The molecule has 0 unspecified atom stereocenters. The highest BCUT2D eigenvalue weighted by molar-refractivity contribution is 5.85. The number of rotatable bonds is 7. The van der Waals surface area contributed by atoms with Gasteiger partial charge in [-0.3, -0.25) is 0 Å². The maximum atomic E-state index is 10.5. The van der Waals surface area contributed by atoms with Gasteiger partial charge in [-0.25, -0.2) is 4.79 Å². The molecule has 0 saturated heterocycles. The largest absolute Gasteiger partial charge is 0.476 e. The van der Waals surface area contributed by atoms with E-state index in [4.69, 9.17) is 9.63 Å². The summed E-state index contributed by atoms with van der Waals surface area (Å²) in [6.07, 6.45) is 5.25. The third kappa shape index (κ3) is 3.34. The van der Waals surface area contributed by atoms with Gasteiger partial charge in [0, 0.05) is 6.07 Å². The molecule has 2 rings (SSSR count). The van der Waals surface area contributed by atoms with Crippen LogP contribution in [0.25, 0.3) is 0 Å². The molecule has 1 aliphatic rings. The second-order valence-electron chi connectivity index (χ2n) is 4.25. The highest BCUT2D eigenvalue weighted by Gasteiger charge is 2.19. The molecule has 0 radical (unpaired) electrons. The van der Waals surface area contributed by atoms with E-state index in [1.807, 2.05) is 0 Å². The lowest BCUT2D eigenvalue weighted by Gasteiger charge is -2.00. The van der Waals surface area contributed by atoms with Crippen molar-refractivity contribution in [1.82, 2.24) is 10.5 Å². The Morgan fingerprint density at radius 1 is 1.62 bits per heavy atom. The van der Waals surface area contributed by atoms with E-state index < -0.39 is 5.97 Å². The van der Waals surface area contributed by atoms with Crippen LogP contribution in [0.2, 0.25) is 0 Å². The van der Waals surface area contributed by atoms with Gasteiger partial charge in [0.05, 0.1) is 6.54 Å². The molecule has 1 aromatic heterocycles. The van der Waals surface area contributed by atoms with E-state index in [1.165, 1.54) is 31.7 Å². The first-order valence-electron chi connectivity index (χ1n) is 5.65. The summed E-state index contributed by atoms with van der Waals surface area (Å²) in [7, 11) is 0. The van der Waals surface area contributed by atoms with Gasteiger partial charge in [0.25, 0.3) is 0 Å². The summed E-state index contributed by atoms with van der Waals surface area (Å²) in [5.74, 6) is 0.484. The molecular formula is C11H16N2O3. The van der Waals surface area contributed by atoms with E-state index in [0.717, 1.165) is 12.5 Å². The van der Waals surface area contributed by atoms with Gasteiger partial charge in [-0.1, -0.05) is 18.0 Å². The van der Waals surface area contributed by atoms with E-state index in [1.54, 1.807) is 0 Å². The van der Waals surface area contributed by atoms with E-state index >= 15 is 0 Å². The Hall–Kier alpha value is -1.36. The van der Waals surface area contributed by atoms with E-state index in [9.17, 15) is 4.79 Å². The number of carboxylic acids is 1. The number of nitrogens with one attached hydrogen (secondary N) is 1. The third-order valence-corrected chi connectivity index (χ3v) is 2.74. The highest BCUT2D eigenvalue weighted by atomic mass is 16.5. The number of carboxylic acid groups (broad SMARTS) is 1. The molecule has 1 aromatic rings. The minimum absolute atomic E-state index is 0.0326. The maximum absolute atomic E-state index is 10.5. The zero-order valence-electron chi connectivity index (χ0n) is 9.11. The Morgan fingerprint density at radius 3 is 3.06 bits per heavy atom. The summed E-state index contributed by atoms with van der Waals surface area (Å²) in [4.78, 5) is 10.5. The predicted octanol–water partition coefficient (Wildman–Crippen LogP) is 1.65. The zero-order valence-corrected chi connectivity index (χ0v) is 9.11. The van der Waals surface area contributed by atoms with Crippen molar-refractivity contribution < 1.29 is 14.4 Å². The third-order valence-electron chi connectivity index (χ3n) is 2.74. The van der Waals surface area contributed by atoms with Gasteiger partial charge in [-0.15, -0.1) is 0 Å². The summed E-state index contributed by atoms with van der Waals surface area (Å²) in [5, 5.41) is 15.3. The highest BCUT2D eigenvalue weighted by Crippen LogP contribution is 2.33. The topological polar surface area (TPSA) is 75.4 Å². The monoisotopic (exact) mass is 224 g/mol. The second-order valence-corrected chi connectivity index (χ2v) is 4.25. The van der Waals surface area contributed by atoms with Crippen molar-refractivity contribution in [2.75, 3.05) is 6.54 Å². The molecule has 0 aromatic carbocycles. The van der Waals surface area contributed by atoms with E-state index in [2.05, 4.69) is 10.5 Å². The average molecular weight is 224 g/mol. The number of aromatic carboxylic acids is 1. The fraction of sp³-hybridized carbons (Fsp3) is 0.636. The molecule has 1 fully saturated rings. The maximum Gasteiger partial charge on any atom is 0.358 e. The fourth-order valence-electron chi connectivity index (χ4n) is 1.63. The van der Waals surface area contributed by atoms with Crippen LogP contribution in [0.5, 0.6) is 0 Å².